The fraction of sp³-hybridized carbons (Fsp3) is 1.00. The first-order valence-corrected chi connectivity index (χ1v) is 14.6. The summed E-state index contributed by atoms with van der Waals surface area (Å²) >= 11 is 8.84. The van der Waals surface area contributed by atoms with Gasteiger partial charge in [-0.05, 0) is 91.8 Å². The fourth-order valence-electron chi connectivity index (χ4n) is 9.44. The van der Waals surface area contributed by atoms with Crippen LogP contribution in [0.3, 0.4) is 0 Å². The Labute approximate surface area is 216 Å². The van der Waals surface area contributed by atoms with Crippen LogP contribution < -0.4 is 0 Å². The Morgan fingerprint density at radius 2 is 1.56 bits per heavy atom. The van der Waals surface area contributed by atoms with E-state index in [1.54, 1.807) is 0 Å². The van der Waals surface area contributed by atoms with Gasteiger partial charge in [-0.3, -0.25) is 0 Å². The van der Waals surface area contributed by atoms with Gasteiger partial charge in [0, 0.05) is 5.41 Å². The Morgan fingerprint density at radius 1 is 0.912 bits per heavy atom. The molecule has 4 fully saturated rings. The van der Waals surface area contributed by atoms with Gasteiger partial charge in [0.15, 0.2) is 0 Å². The molecule has 5 nitrogen and oxygen atoms in total. The molecule has 0 bridgehead atoms. The molecule has 7 heteroatoms. The van der Waals surface area contributed by atoms with E-state index in [-0.39, 0.29) is 40.9 Å². The van der Waals surface area contributed by atoms with Crippen molar-refractivity contribution in [3.05, 3.63) is 0 Å². The Hall–Kier alpha value is 0.500. The van der Waals surface area contributed by atoms with Gasteiger partial charge in [0.25, 0.3) is 0 Å². The van der Waals surface area contributed by atoms with Crippen molar-refractivity contribution in [1.82, 2.24) is 0 Å². The van der Waals surface area contributed by atoms with E-state index >= 15 is 0 Å². The average molecular weight is 517 g/mol. The standard InChI is InChI=1S/C27H48O5S2/c1-14(2)6-5-7-16(24(31)33)18-11-10-17-15-8-9-19-22(29)27(32,34)13-12-25(19,3)20(15)21(28)23(30)26(17,18)4/h14-24,28-34H,5-13H2,1-4H3/t15-,16+,17-,18+,19+,20+,21+,22-,23+,24?,25-,26-,27-/m0/s1. The number of rotatable bonds is 6. The first-order chi connectivity index (χ1) is 15.8. The van der Waals surface area contributed by atoms with Gasteiger partial charge in [0.05, 0.1) is 23.7 Å². The van der Waals surface area contributed by atoms with Crippen LogP contribution in [0.1, 0.15) is 85.5 Å². The minimum atomic E-state index is -1.39. The predicted molar refractivity (Wildman–Crippen MR) is 140 cm³/mol. The highest BCUT2D eigenvalue weighted by Crippen LogP contribution is 2.69. The van der Waals surface area contributed by atoms with Crippen LogP contribution in [-0.2, 0) is 0 Å². The molecule has 0 aromatic carbocycles. The summed E-state index contributed by atoms with van der Waals surface area (Å²) in [7, 11) is 0. The zero-order chi connectivity index (χ0) is 25.2. The third-order valence-electron chi connectivity index (χ3n) is 11.2. The number of hydrogen-bond acceptors (Lipinski definition) is 7. The van der Waals surface area contributed by atoms with Crippen molar-refractivity contribution in [2.24, 2.45) is 52.3 Å². The second kappa shape index (κ2) is 9.67. The molecule has 0 aliphatic heterocycles. The van der Waals surface area contributed by atoms with Crippen LogP contribution in [0.25, 0.3) is 0 Å². The first kappa shape index (κ1) is 27.5. The summed E-state index contributed by atoms with van der Waals surface area (Å²) in [6.45, 7) is 8.74. The van der Waals surface area contributed by atoms with Crippen LogP contribution in [0.4, 0.5) is 0 Å². The average Bonchev–Trinajstić information content (AvgIpc) is 3.10. The molecule has 4 rings (SSSR count). The van der Waals surface area contributed by atoms with Crippen LogP contribution in [-0.4, -0.2) is 54.2 Å². The molecular formula is C27H48O5S2. The van der Waals surface area contributed by atoms with Crippen molar-refractivity contribution in [3.63, 3.8) is 0 Å². The summed E-state index contributed by atoms with van der Waals surface area (Å²) in [6, 6.07) is 0. The molecule has 198 valence electrons. The van der Waals surface area contributed by atoms with E-state index < -0.39 is 34.1 Å². The number of fused-ring (bicyclic) bond motifs is 5. The third-order valence-corrected chi connectivity index (χ3v) is 12.1. The second-order valence-corrected chi connectivity index (χ2v) is 14.5. The lowest BCUT2D eigenvalue weighted by molar-refractivity contribution is -0.249. The van der Waals surface area contributed by atoms with Gasteiger partial charge in [-0.25, -0.2) is 0 Å². The highest BCUT2D eigenvalue weighted by Gasteiger charge is 2.69. The lowest BCUT2D eigenvalue weighted by atomic mass is 9.42. The summed E-state index contributed by atoms with van der Waals surface area (Å²) in [6.07, 6.45) is 5.01. The van der Waals surface area contributed by atoms with Crippen LogP contribution in [0.2, 0.25) is 0 Å². The van der Waals surface area contributed by atoms with E-state index in [1.807, 2.05) is 0 Å². The molecule has 0 spiro atoms. The maximum Gasteiger partial charge on any atom is 0.133 e. The largest absolute Gasteiger partial charge is 0.390 e. The molecule has 4 aliphatic rings. The van der Waals surface area contributed by atoms with Crippen molar-refractivity contribution in [2.75, 3.05) is 0 Å². The molecule has 0 radical (unpaired) electrons. The molecule has 34 heavy (non-hydrogen) atoms. The predicted octanol–water partition coefficient (Wildman–Crippen LogP) is 3.87. The van der Waals surface area contributed by atoms with Gasteiger partial charge in [-0.1, -0.05) is 40.5 Å². The molecule has 4 aliphatic carbocycles. The van der Waals surface area contributed by atoms with Crippen LogP contribution in [0.15, 0.2) is 0 Å². The molecule has 0 saturated heterocycles. The summed E-state index contributed by atoms with van der Waals surface area (Å²) in [5, 5.41) is 55.7. The van der Waals surface area contributed by atoms with Crippen LogP contribution in [0.5, 0.6) is 0 Å². The van der Waals surface area contributed by atoms with E-state index in [0.717, 1.165) is 44.9 Å². The fourth-order valence-corrected chi connectivity index (χ4v) is 10.1. The van der Waals surface area contributed by atoms with Gasteiger partial charge in [-0.2, -0.15) is 0 Å². The van der Waals surface area contributed by atoms with Gasteiger partial charge in [0.2, 0.25) is 0 Å². The lowest BCUT2D eigenvalue weighted by Gasteiger charge is -2.65. The Balaban J connectivity index is 1.63. The molecule has 1 unspecified atom stereocenters. The smallest absolute Gasteiger partial charge is 0.133 e. The molecule has 0 aromatic heterocycles. The van der Waals surface area contributed by atoms with Crippen LogP contribution in [0, 0.1) is 52.3 Å². The maximum absolute atomic E-state index is 11.8. The molecule has 0 aromatic rings. The van der Waals surface area contributed by atoms with E-state index in [2.05, 4.69) is 53.0 Å². The number of hydrogen-bond donors (Lipinski definition) is 7. The van der Waals surface area contributed by atoms with Gasteiger partial charge >= 0.3 is 0 Å². The van der Waals surface area contributed by atoms with E-state index in [0.29, 0.717) is 18.8 Å². The SMILES string of the molecule is CC(C)CCC[C@@H](C(O)S)[C@H]1CC[C@H]2[C@@H]3CC[C@@H]4[C@H](O)[C@@](O)(S)CC[C@]4(C)[C@H]3[C@@H](O)[C@@H](O)[C@]12C. The monoisotopic (exact) mass is 516 g/mol. The van der Waals surface area contributed by atoms with Crippen LogP contribution >= 0.6 is 25.3 Å². The molecule has 13 atom stereocenters. The summed E-state index contributed by atoms with van der Waals surface area (Å²) in [5.74, 6) is 1.01. The molecular weight excluding hydrogens is 468 g/mol. The summed E-state index contributed by atoms with van der Waals surface area (Å²) in [5.41, 5.74) is -1.55. The van der Waals surface area contributed by atoms with Crippen molar-refractivity contribution in [2.45, 2.75) is 114 Å². The van der Waals surface area contributed by atoms with Crippen molar-refractivity contribution < 1.29 is 25.5 Å². The topological polar surface area (TPSA) is 101 Å². The molecule has 4 saturated carbocycles. The van der Waals surface area contributed by atoms with E-state index in [1.165, 1.54) is 0 Å². The summed E-state index contributed by atoms with van der Waals surface area (Å²) in [4.78, 5) is -1.39. The molecule has 5 N–H and O–H groups in total. The zero-order valence-electron chi connectivity index (χ0n) is 21.3. The minimum Gasteiger partial charge on any atom is -0.390 e. The quantitative estimate of drug-likeness (QED) is 0.215. The van der Waals surface area contributed by atoms with Gasteiger partial charge in [0.1, 0.15) is 4.93 Å². The highest BCUT2D eigenvalue weighted by molar-refractivity contribution is 7.81. The Morgan fingerprint density at radius 3 is 2.18 bits per heavy atom. The minimum absolute atomic E-state index is 0.00176. The Kier molecular flexibility index (Phi) is 7.83. The van der Waals surface area contributed by atoms with Crippen molar-refractivity contribution in [3.8, 4) is 0 Å². The second-order valence-electron chi connectivity index (χ2n) is 13.2. The highest BCUT2D eigenvalue weighted by atomic mass is 32.1. The van der Waals surface area contributed by atoms with Gasteiger partial charge < -0.3 is 25.5 Å². The Bertz CT molecular complexity index is 732. The van der Waals surface area contributed by atoms with Gasteiger partial charge in [-0.15, -0.1) is 25.3 Å². The third kappa shape index (κ3) is 4.21. The van der Waals surface area contributed by atoms with E-state index in [4.69, 9.17) is 0 Å². The first-order valence-electron chi connectivity index (χ1n) is 13.6. The van der Waals surface area contributed by atoms with Crippen molar-refractivity contribution in [1.29, 1.82) is 0 Å². The number of thiol groups is 2. The number of aliphatic hydroxyl groups is 5. The van der Waals surface area contributed by atoms with E-state index in [9.17, 15) is 25.5 Å². The molecule has 0 heterocycles. The van der Waals surface area contributed by atoms with Crippen molar-refractivity contribution >= 4 is 25.3 Å². The number of aliphatic hydroxyl groups excluding tert-OH is 4. The lowest BCUT2D eigenvalue weighted by Crippen LogP contribution is -2.68. The molecule has 0 amide bonds. The zero-order valence-corrected chi connectivity index (χ0v) is 23.1. The maximum atomic E-state index is 11.8. The summed E-state index contributed by atoms with van der Waals surface area (Å²) < 4.78 is 0. The normalized spacial score (nSPS) is 52.6.